The van der Waals surface area contributed by atoms with Crippen molar-refractivity contribution < 1.29 is 20.1 Å². The summed E-state index contributed by atoms with van der Waals surface area (Å²) >= 11 is 0. The van der Waals surface area contributed by atoms with E-state index in [0.717, 1.165) is 37.7 Å². The number of hydrogen-bond acceptors (Lipinski definition) is 3. The third kappa shape index (κ3) is 4.07. The van der Waals surface area contributed by atoms with Crippen LogP contribution in [0.5, 0.6) is 0 Å². The zero-order valence-corrected chi connectivity index (χ0v) is 13.1. The number of hydrogen-bond donors (Lipinski definition) is 2. The Morgan fingerprint density at radius 1 is 1.23 bits per heavy atom. The van der Waals surface area contributed by atoms with Gasteiger partial charge in [0.2, 0.25) is 0 Å². The normalized spacial score (nSPS) is 18.3. The van der Waals surface area contributed by atoms with Crippen LogP contribution in [0.25, 0.3) is 0 Å². The van der Waals surface area contributed by atoms with E-state index in [1.165, 1.54) is 7.11 Å². The SMILES string of the molecule is COC(=O)[C@@H](Cc1ccccc1)NC(=O)C1([NH3+])CCCCC1. The molecule has 5 nitrogen and oxygen atoms in total. The largest absolute Gasteiger partial charge is 0.467 e. The van der Waals surface area contributed by atoms with Crippen LogP contribution in [0.1, 0.15) is 37.7 Å². The first kappa shape index (κ1) is 16.5. The number of amides is 1. The predicted octanol–water partition coefficient (Wildman–Crippen LogP) is 0.832. The summed E-state index contributed by atoms with van der Waals surface area (Å²) in [6.45, 7) is 0. The molecule has 1 aromatic rings. The Morgan fingerprint density at radius 3 is 2.45 bits per heavy atom. The second kappa shape index (κ2) is 7.40. The molecule has 1 aliphatic carbocycles. The first-order valence-electron chi connectivity index (χ1n) is 7.83. The number of benzene rings is 1. The smallest absolute Gasteiger partial charge is 0.328 e. The van der Waals surface area contributed by atoms with Gasteiger partial charge >= 0.3 is 5.97 Å². The van der Waals surface area contributed by atoms with E-state index < -0.39 is 17.6 Å². The van der Waals surface area contributed by atoms with Crippen molar-refractivity contribution in [3.05, 3.63) is 35.9 Å². The minimum absolute atomic E-state index is 0.140. The molecule has 0 spiro atoms. The van der Waals surface area contributed by atoms with Gasteiger partial charge in [-0.3, -0.25) is 4.79 Å². The fourth-order valence-corrected chi connectivity index (χ4v) is 2.95. The minimum atomic E-state index is -0.666. The lowest BCUT2D eigenvalue weighted by atomic mass is 9.81. The zero-order chi connectivity index (χ0) is 16.0. The first-order chi connectivity index (χ1) is 10.5. The average Bonchev–Trinajstić information content (AvgIpc) is 2.55. The van der Waals surface area contributed by atoms with Gasteiger partial charge in [-0.1, -0.05) is 36.8 Å². The summed E-state index contributed by atoms with van der Waals surface area (Å²) in [5, 5.41) is 2.85. The van der Waals surface area contributed by atoms with Gasteiger partial charge in [-0.15, -0.1) is 0 Å². The average molecular weight is 305 g/mol. The van der Waals surface area contributed by atoms with Crippen LogP contribution in [0.15, 0.2) is 30.3 Å². The second-order valence-corrected chi connectivity index (χ2v) is 6.08. The fraction of sp³-hybridized carbons (Fsp3) is 0.529. The second-order valence-electron chi connectivity index (χ2n) is 6.08. The molecule has 1 fully saturated rings. The maximum absolute atomic E-state index is 12.6. The highest BCUT2D eigenvalue weighted by Gasteiger charge is 2.41. The van der Waals surface area contributed by atoms with E-state index in [4.69, 9.17) is 4.74 Å². The molecule has 0 aromatic heterocycles. The highest BCUT2D eigenvalue weighted by molar-refractivity contribution is 5.89. The molecule has 1 aromatic carbocycles. The number of carbonyl (C=O) groups excluding carboxylic acids is 2. The summed E-state index contributed by atoms with van der Waals surface area (Å²) in [4.78, 5) is 24.5. The molecule has 0 unspecified atom stereocenters. The van der Waals surface area contributed by atoms with E-state index in [1.54, 1.807) is 0 Å². The molecular weight excluding hydrogens is 280 g/mol. The maximum atomic E-state index is 12.6. The first-order valence-corrected chi connectivity index (χ1v) is 7.83. The summed E-state index contributed by atoms with van der Waals surface area (Å²) in [6, 6.07) is 8.94. The van der Waals surface area contributed by atoms with E-state index in [9.17, 15) is 9.59 Å². The van der Waals surface area contributed by atoms with Crippen LogP contribution in [-0.4, -0.2) is 30.6 Å². The van der Waals surface area contributed by atoms with Gasteiger partial charge in [0, 0.05) is 19.3 Å². The monoisotopic (exact) mass is 305 g/mol. The molecule has 1 amide bonds. The topological polar surface area (TPSA) is 83.0 Å². The van der Waals surface area contributed by atoms with Gasteiger partial charge in [-0.25, -0.2) is 4.79 Å². The van der Waals surface area contributed by atoms with E-state index in [1.807, 2.05) is 30.3 Å². The van der Waals surface area contributed by atoms with Gasteiger partial charge in [0.25, 0.3) is 5.91 Å². The summed E-state index contributed by atoms with van der Waals surface area (Å²) in [5.74, 6) is -0.560. The summed E-state index contributed by atoms with van der Waals surface area (Å²) in [5.41, 5.74) is 4.49. The molecule has 22 heavy (non-hydrogen) atoms. The third-order valence-corrected chi connectivity index (χ3v) is 4.37. The van der Waals surface area contributed by atoms with Gasteiger partial charge in [-0.05, 0) is 18.4 Å². The molecular formula is C17H25N2O3+. The van der Waals surface area contributed by atoms with Gasteiger partial charge in [0.05, 0.1) is 7.11 Å². The van der Waals surface area contributed by atoms with Crippen molar-refractivity contribution >= 4 is 11.9 Å². The number of methoxy groups -OCH3 is 1. The van der Waals surface area contributed by atoms with Crippen LogP contribution in [0.3, 0.4) is 0 Å². The summed E-state index contributed by atoms with van der Waals surface area (Å²) in [7, 11) is 1.34. The highest BCUT2D eigenvalue weighted by atomic mass is 16.5. The molecule has 0 radical (unpaired) electrons. The molecule has 5 heteroatoms. The van der Waals surface area contributed by atoms with E-state index in [2.05, 4.69) is 11.1 Å². The van der Waals surface area contributed by atoms with Crippen LogP contribution in [0.4, 0.5) is 0 Å². The van der Waals surface area contributed by atoms with Gasteiger partial charge in [-0.2, -0.15) is 0 Å². The van der Waals surface area contributed by atoms with E-state index in [-0.39, 0.29) is 5.91 Å². The van der Waals surface area contributed by atoms with Gasteiger partial charge in [0.1, 0.15) is 6.04 Å². The number of quaternary nitrogens is 1. The fourth-order valence-electron chi connectivity index (χ4n) is 2.95. The lowest BCUT2D eigenvalue weighted by Crippen LogP contribution is -2.79. The van der Waals surface area contributed by atoms with Crippen LogP contribution >= 0.6 is 0 Å². The van der Waals surface area contributed by atoms with Gasteiger partial charge < -0.3 is 15.8 Å². The Morgan fingerprint density at radius 2 is 1.86 bits per heavy atom. The number of ether oxygens (including phenoxy) is 1. The molecule has 0 bridgehead atoms. The summed E-state index contributed by atoms with van der Waals surface area (Å²) < 4.78 is 4.83. The zero-order valence-electron chi connectivity index (χ0n) is 13.1. The highest BCUT2D eigenvalue weighted by Crippen LogP contribution is 2.24. The molecule has 0 heterocycles. The quantitative estimate of drug-likeness (QED) is 0.791. The Balaban J connectivity index is 2.06. The minimum Gasteiger partial charge on any atom is -0.467 e. The van der Waals surface area contributed by atoms with E-state index >= 15 is 0 Å². The van der Waals surface area contributed by atoms with Crippen molar-refractivity contribution in [2.75, 3.05) is 7.11 Å². The predicted molar refractivity (Wildman–Crippen MR) is 82.8 cm³/mol. The summed E-state index contributed by atoms with van der Waals surface area (Å²) in [6.07, 6.45) is 5.15. The van der Waals surface area contributed by atoms with E-state index in [0.29, 0.717) is 6.42 Å². The van der Waals surface area contributed by atoms with Crippen LogP contribution < -0.4 is 11.1 Å². The Labute approximate surface area is 131 Å². The molecule has 0 saturated heterocycles. The van der Waals surface area contributed by atoms with Gasteiger partial charge in [0.15, 0.2) is 5.54 Å². The molecule has 1 aliphatic rings. The number of nitrogens with one attached hydrogen (secondary N) is 1. The third-order valence-electron chi connectivity index (χ3n) is 4.37. The number of carbonyl (C=O) groups is 2. The Bertz CT molecular complexity index is 510. The van der Waals surface area contributed by atoms with Crippen LogP contribution in [0.2, 0.25) is 0 Å². The van der Waals surface area contributed by atoms with Crippen molar-refractivity contribution in [2.45, 2.75) is 50.1 Å². The molecule has 1 atom stereocenters. The molecule has 1 saturated carbocycles. The Kier molecular flexibility index (Phi) is 5.55. The van der Waals surface area contributed by atoms with Crippen molar-refractivity contribution in [1.82, 2.24) is 5.32 Å². The molecule has 0 aliphatic heterocycles. The Hall–Kier alpha value is -1.88. The van der Waals surface area contributed by atoms with Crippen LogP contribution in [-0.2, 0) is 20.7 Å². The molecule has 2 rings (SSSR count). The van der Waals surface area contributed by atoms with Crippen molar-refractivity contribution in [3.8, 4) is 0 Å². The standard InChI is InChI=1S/C17H24N2O3/c1-22-15(20)14(12-13-8-4-2-5-9-13)19-16(21)17(18)10-6-3-7-11-17/h2,4-5,8-9,14H,3,6-7,10-12,18H2,1H3,(H,19,21)/p+1/t14-/m1/s1. The number of esters is 1. The van der Waals surface area contributed by atoms with Crippen LogP contribution in [0, 0.1) is 0 Å². The van der Waals surface area contributed by atoms with Crippen molar-refractivity contribution in [3.63, 3.8) is 0 Å². The lowest BCUT2D eigenvalue weighted by Gasteiger charge is -2.30. The lowest BCUT2D eigenvalue weighted by molar-refractivity contribution is -0.464. The number of rotatable bonds is 5. The molecule has 4 N–H and O–H groups in total. The van der Waals surface area contributed by atoms with Crippen molar-refractivity contribution in [2.24, 2.45) is 0 Å². The van der Waals surface area contributed by atoms with Crippen molar-refractivity contribution in [1.29, 1.82) is 0 Å². The maximum Gasteiger partial charge on any atom is 0.328 e. The molecule has 120 valence electrons.